The summed E-state index contributed by atoms with van der Waals surface area (Å²) in [5.74, 6) is -0.707. The Morgan fingerprint density at radius 2 is 1.42 bits per heavy atom. The number of anilines is 1. The molecule has 0 radical (unpaired) electrons. The Kier molecular flexibility index (Phi) is 13.8. The van der Waals surface area contributed by atoms with Crippen molar-refractivity contribution in [1.82, 2.24) is 0 Å². The molecule has 0 unspecified atom stereocenters. The van der Waals surface area contributed by atoms with Crippen LogP contribution < -0.4 is 64.0 Å². The predicted octanol–water partition coefficient (Wildman–Crippen LogP) is -4.41. The van der Waals surface area contributed by atoms with Gasteiger partial charge >= 0.3 is 59.1 Å². The van der Waals surface area contributed by atoms with Gasteiger partial charge in [-0.3, -0.25) is 9.11 Å². The van der Waals surface area contributed by atoms with E-state index in [0.29, 0.717) is 13.1 Å². The van der Waals surface area contributed by atoms with Crippen LogP contribution in [0.4, 0.5) is 5.69 Å². The number of rotatable bonds is 9. The maximum absolute atomic E-state index is 10.8. The molecule has 11 heteroatoms. The fourth-order valence-electron chi connectivity index (χ4n) is 2.07. The van der Waals surface area contributed by atoms with Gasteiger partial charge in [0, 0.05) is 18.8 Å². The van der Waals surface area contributed by atoms with Crippen molar-refractivity contribution >= 4 is 25.9 Å². The van der Waals surface area contributed by atoms with Crippen LogP contribution in [0.25, 0.3) is 0 Å². The van der Waals surface area contributed by atoms with E-state index in [4.69, 9.17) is 9.11 Å². The minimum atomic E-state index is -4.02. The summed E-state index contributed by atoms with van der Waals surface area (Å²) in [4.78, 5) is 1.84. The van der Waals surface area contributed by atoms with Gasteiger partial charge in [0.25, 0.3) is 20.2 Å². The van der Waals surface area contributed by atoms with Gasteiger partial charge in [0.1, 0.15) is 0 Å². The summed E-state index contributed by atoms with van der Waals surface area (Å²) in [6.45, 7) is 2.63. The minimum Gasteiger partial charge on any atom is -1.00 e. The Bertz CT molecular complexity index is 666. The molecule has 0 bridgehead atoms. The number of hydrogen-bond donors (Lipinski definition) is 2. The van der Waals surface area contributed by atoms with Crippen molar-refractivity contribution in [2.24, 2.45) is 0 Å². The summed E-state index contributed by atoms with van der Waals surface area (Å²) in [5, 5.41) is 0. The maximum Gasteiger partial charge on any atom is 1.00 e. The number of aryl methyl sites for hydroxylation is 1. The molecule has 0 amide bonds. The average Bonchev–Trinajstić information content (AvgIpc) is 2.34. The minimum absolute atomic E-state index is 0. The van der Waals surface area contributed by atoms with Crippen LogP contribution in [0.2, 0.25) is 0 Å². The molecule has 0 aliphatic rings. The molecular formula is C13H23NNa2O6S2. The van der Waals surface area contributed by atoms with E-state index in [1.54, 1.807) is 0 Å². The van der Waals surface area contributed by atoms with Gasteiger partial charge < -0.3 is 7.75 Å². The quantitative estimate of drug-likeness (QED) is 0.319. The van der Waals surface area contributed by atoms with Crippen LogP contribution in [0.15, 0.2) is 24.3 Å². The molecule has 0 aliphatic carbocycles. The second-order valence-electron chi connectivity index (χ2n) is 5.11. The van der Waals surface area contributed by atoms with Gasteiger partial charge in [-0.15, -0.1) is 0 Å². The summed E-state index contributed by atoms with van der Waals surface area (Å²) >= 11 is 0. The molecule has 0 aromatic heterocycles. The Labute approximate surface area is 191 Å². The van der Waals surface area contributed by atoms with Gasteiger partial charge in [0.2, 0.25) is 0 Å². The molecule has 130 valence electrons. The SMILES string of the molecule is Cc1cccc(N(CCCS(=O)(=O)O)CCCS(=O)(=O)O)c1.[H-].[H-].[Na+].[Na+]. The Hall–Kier alpha value is 0.840. The van der Waals surface area contributed by atoms with Gasteiger partial charge in [0.15, 0.2) is 0 Å². The predicted molar refractivity (Wildman–Crippen MR) is 87.7 cm³/mol. The summed E-state index contributed by atoms with van der Waals surface area (Å²) < 4.78 is 60.6. The first kappa shape index (κ1) is 27.1. The van der Waals surface area contributed by atoms with Gasteiger partial charge in [-0.05, 0) is 37.5 Å². The zero-order chi connectivity index (χ0) is 16.8. The van der Waals surface area contributed by atoms with Crippen molar-refractivity contribution in [3.05, 3.63) is 29.8 Å². The summed E-state index contributed by atoms with van der Waals surface area (Å²) in [5.41, 5.74) is 1.86. The standard InChI is InChI=1S/C13H21NO6S2.2Na.2H/c1-12-5-2-6-13(11-12)14(7-3-9-21(15,16)17)8-4-10-22(18,19)20;;;;/h2,5-6,11H,3-4,7-10H2,1H3,(H,15,16,17)(H,18,19,20);;;;/q;2*+1;2*-1. The Morgan fingerprint density at radius 3 is 1.79 bits per heavy atom. The van der Waals surface area contributed by atoms with Crippen molar-refractivity contribution < 1.29 is 87.9 Å². The van der Waals surface area contributed by atoms with E-state index >= 15 is 0 Å². The van der Waals surface area contributed by atoms with Crippen LogP contribution in [-0.2, 0) is 20.2 Å². The summed E-state index contributed by atoms with van der Waals surface area (Å²) in [6, 6.07) is 7.51. The number of nitrogens with zero attached hydrogens (tertiary/aromatic N) is 1. The molecule has 0 atom stereocenters. The molecule has 0 heterocycles. The average molecular weight is 399 g/mol. The van der Waals surface area contributed by atoms with Crippen LogP contribution in [0.1, 0.15) is 21.3 Å². The molecule has 1 aromatic carbocycles. The monoisotopic (exact) mass is 399 g/mol. The molecule has 0 fully saturated rings. The molecule has 1 aromatic rings. The molecule has 1 rings (SSSR count). The Morgan fingerprint density at radius 1 is 0.958 bits per heavy atom. The fourth-order valence-corrected chi connectivity index (χ4v) is 3.06. The molecule has 0 saturated heterocycles. The zero-order valence-corrected chi connectivity index (χ0v) is 20.0. The van der Waals surface area contributed by atoms with E-state index in [9.17, 15) is 16.8 Å². The van der Waals surface area contributed by atoms with Gasteiger partial charge in [-0.25, -0.2) is 0 Å². The first-order valence-corrected chi connectivity index (χ1v) is 10.0. The summed E-state index contributed by atoms with van der Waals surface area (Å²) in [7, 11) is -8.03. The van der Waals surface area contributed by atoms with E-state index in [-0.39, 0.29) is 86.3 Å². The third kappa shape index (κ3) is 13.1. The van der Waals surface area contributed by atoms with Crippen molar-refractivity contribution in [2.45, 2.75) is 19.8 Å². The zero-order valence-electron chi connectivity index (χ0n) is 16.3. The van der Waals surface area contributed by atoms with Gasteiger partial charge in [-0.1, -0.05) is 12.1 Å². The topological polar surface area (TPSA) is 112 Å². The maximum atomic E-state index is 10.8. The Balaban J connectivity index is -0.000000605. The van der Waals surface area contributed by atoms with E-state index in [2.05, 4.69) is 0 Å². The van der Waals surface area contributed by atoms with Gasteiger partial charge in [-0.2, -0.15) is 16.8 Å². The molecule has 0 aliphatic heterocycles. The molecule has 0 saturated carbocycles. The van der Waals surface area contributed by atoms with Crippen LogP contribution in [0.3, 0.4) is 0 Å². The number of benzene rings is 1. The summed E-state index contributed by atoms with van der Waals surface area (Å²) in [6.07, 6.45) is 0.442. The van der Waals surface area contributed by atoms with Crippen LogP contribution in [0, 0.1) is 6.92 Å². The van der Waals surface area contributed by atoms with Crippen LogP contribution in [0.5, 0.6) is 0 Å². The second kappa shape index (κ2) is 12.3. The molecule has 2 N–H and O–H groups in total. The first-order valence-electron chi connectivity index (χ1n) is 6.79. The van der Waals surface area contributed by atoms with E-state index in [1.165, 1.54) is 0 Å². The molecule has 24 heavy (non-hydrogen) atoms. The second-order valence-corrected chi connectivity index (χ2v) is 8.25. The largest absolute Gasteiger partial charge is 1.00 e. The van der Waals surface area contributed by atoms with Crippen molar-refractivity contribution in [3.63, 3.8) is 0 Å². The van der Waals surface area contributed by atoms with E-state index < -0.39 is 20.2 Å². The van der Waals surface area contributed by atoms with Crippen LogP contribution >= 0.6 is 0 Å². The molecule has 7 nitrogen and oxygen atoms in total. The number of hydrogen-bond acceptors (Lipinski definition) is 5. The van der Waals surface area contributed by atoms with Crippen LogP contribution in [-0.4, -0.2) is 50.5 Å². The smallest absolute Gasteiger partial charge is 1.00 e. The first-order chi connectivity index (χ1) is 10.1. The molecule has 0 spiro atoms. The van der Waals surface area contributed by atoms with E-state index in [0.717, 1.165) is 11.3 Å². The molecular weight excluding hydrogens is 376 g/mol. The van der Waals surface area contributed by atoms with Gasteiger partial charge in [0.05, 0.1) is 11.5 Å². The fraction of sp³-hybridized carbons (Fsp3) is 0.538. The van der Waals surface area contributed by atoms with Crippen molar-refractivity contribution in [2.75, 3.05) is 29.5 Å². The third-order valence-electron chi connectivity index (χ3n) is 3.03. The van der Waals surface area contributed by atoms with Crippen molar-refractivity contribution in [1.29, 1.82) is 0 Å². The van der Waals surface area contributed by atoms with E-state index in [1.807, 2.05) is 36.1 Å². The normalized spacial score (nSPS) is 11.3. The van der Waals surface area contributed by atoms with Crippen molar-refractivity contribution in [3.8, 4) is 0 Å². The third-order valence-corrected chi connectivity index (χ3v) is 4.64.